The highest BCUT2D eigenvalue weighted by Gasteiger charge is 2.16. The molecular weight excluding hydrogens is 378 g/mol. The Hall–Kier alpha value is -1.50. The third-order valence-corrected chi connectivity index (χ3v) is 6.48. The molecule has 0 atom stereocenters. The molecule has 2 aromatic carbocycles. The van der Waals surface area contributed by atoms with Gasteiger partial charge in [-0.15, -0.1) is 11.8 Å². The second kappa shape index (κ2) is 9.27. The summed E-state index contributed by atoms with van der Waals surface area (Å²) in [4.78, 5) is 13.2. The van der Waals surface area contributed by atoms with Gasteiger partial charge in [0.25, 0.3) is 0 Å². The highest BCUT2D eigenvalue weighted by atomic mass is 35.5. The van der Waals surface area contributed by atoms with Crippen molar-refractivity contribution in [3.63, 3.8) is 0 Å². The first-order valence-corrected chi connectivity index (χ1v) is 10.8. The maximum atomic E-state index is 12.2. The molecule has 0 unspecified atom stereocenters. The van der Waals surface area contributed by atoms with E-state index in [1.165, 1.54) is 0 Å². The van der Waals surface area contributed by atoms with E-state index in [-0.39, 0.29) is 23.0 Å². The van der Waals surface area contributed by atoms with E-state index in [9.17, 15) is 13.2 Å². The van der Waals surface area contributed by atoms with Gasteiger partial charge in [-0.05, 0) is 43.3 Å². The smallest absolute Gasteiger partial charge is 0.221 e. The molecule has 0 aromatic heterocycles. The molecule has 2 aromatic rings. The third kappa shape index (κ3) is 6.72. The molecule has 1 N–H and O–H groups in total. The minimum atomic E-state index is -3.43. The number of sulfone groups is 1. The second-order valence-electron chi connectivity index (χ2n) is 5.53. The number of thioether (sulfide) groups is 1. The lowest BCUT2D eigenvalue weighted by molar-refractivity contribution is -0.120. The number of benzene rings is 2. The third-order valence-electron chi connectivity index (χ3n) is 3.48. The lowest BCUT2D eigenvalue weighted by Gasteiger charge is -2.07. The number of nitrogens with one attached hydrogen (secondary N) is 1. The fourth-order valence-electron chi connectivity index (χ4n) is 2.07. The molecule has 25 heavy (non-hydrogen) atoms. The predicted molar refractivity (Wildman–Crippen MR) is 103 cm³/mol. The van der Waals surface area contributed by atoms with Crippen LogP contribution >= 0.6 is 23.4 Å². The van der Waals surface area contributed by atoms with Crippen molar-refractivity contribution in [3.05, 3.63) is 59.1 Å². The summed E-state index contributed by atoms with van der Waals surface area (Å²) >= 11 is 7.42. The fourth-order valence-corrected chi connectivity index (χ4v) is 4.20. The number of aryl methyl sites for hydroxylation is 1. The average molecular weight is 398 g/mol. The summed E-state index contributed by atoms with van der Waals surface area (Å²) in [6.07, 6.45) is -0.0399. The van der Waals surface area contributed by atoms with Crippen molar-refractivity contribution in [1.29, 1.82) is 0 Å². The Morgan fingerprint density at radius 2 is 1.72 bits per heavy atom. The van der Waals surface area contributed by atoms with Gasteiger partial charge in [0.15, 0.2) is 9.84 Å². The zero-order valence-corrected chi connectivity index (χ0v) is 16.3. The first-order chi connectivity index (χ1) is 11.9. The fraction of sp³-hybridized carbons (Fsp3) is 0.278. The zero-order chi connectivity index (χ0) is 18.3. The Balaban J connectivity index is 1.71. The molecule has 0 spiro atoms. The molecule has 2 rings (SSSR count). The quantitative estimate of drug-likeness (QED) is 0.544. The molecule has 0 fully saturated rings. The topological polar surface area (TPSA) is 63.2 Å². The van der Waals surface area contributed by atoms with Crippen LogP contribution in [0.15, 0.2) is 58.3 Å². The molecule has 0 aliphatic carbocycles. The highest BCUT2D eigenvalue weighted by molar-refractivity contribution is 7.99. The van der Waals surface area contributed by atoms with Gasteiger partial charge in [0.2, 0.25) is 5.91 Å². The van der Waals surface area contributed by atoms with Crippen LogP contribution in [0.2, 0.25) is 5.02 Å². The molecule has 0 heterocycles. The number of halogens is 1. The SMILES string of the molecule is Cc1ccc(S(=O)(=O)CCC(=O)NCCSc2ccc(Cl)cc2)cc1. The monoisotopic (exact) mass is 397 g/mol. The lowest BCUT2D eigenvalue weighted by Crippen LogP contribution is -2.27. The van der Waals surface area contributed by atoms with Crippen LogP contribution < -0.4 is 5.32 Å². The molecule has 0 saturated heterocycles. The van der Waals surface area contributed by atoms with E-state index >= 15 is 0 Å². The summed E-state index contributed by atoms with van der Waals surface area (Å²) in [5.41, 5.74) is 0.995. The van der Waals surface area contributed by atoms with E-state index in [1.54, 1.807) is 36.0 Å². The van der Waals surface area contributed by atoms with Crippen LogP contribution in [-0.2, 0) is 14.6 Å². The molecule has 134 valence electrons. The molecule has 0 bridgehead atoms. The summed E-state index contributed by atoms with van der Waals surface area (Å²) in [5, 5.41) is 3.43. The molecular formula is C18H20ClNO3S2. The van der Waals surface area contributed by atoms with Gasteiger partial charge in [-0.3, -0.25) is 4.79 Å². The predicted octanol–water partition coefficient (Wildman–Crippen LogP) is 3.72. The summed E-state index contributed by atoms with van der Waals surface area (Å²) in [7, 11) is -3.43. The van der Waals surface area contributed by atoms with Gasteiger partial charge in [0.1, 0.15) is 0 Å². The summed E-state index contributed by atoms with van der Waals surface area (Å²) in [5.74, 6) is 0.261. The van der Waals surface area contributed by atoms with Crippen LogP contribution in [0.3, 0.4) is 0 Å². The van der Waals surface area contributed by atoms with Crippen LogP contribution in [-0.4, -0.2) is 32.4 Å². The minimum absolute atomic E-state index is 0.0399. The van der Waals surface area contributed by atoms with Gasteiger partial charge >= 0.3 is 0 Å². The molecule has 4 nitrogen and oxygen atoms in total. The maximum Gasteiger partial charge on any atom is 0.221 e. The van der Waals surface area contributed by atoms with Crippen molar-refractivity contribution >= 4 is 39.1 Å². The molecule has 0 saturated carbocycles. The van der Waals surface area contributed by atoms with E-state index < -0.39 is 9.84 Å². The number of amides is 1. The number of carbonyl (C=O) groups is 1. The molecule has 0 aliphatic rings. The molecule has 1 amide bonds. The molecule has 0 radical (unpaired) electrons. The lowest BCUT2D eigenvalue weighted by atomic mass is 10.2. The van der Waals surface area contributed by atoms with E-state index in [4.69, 9.17) is 11.6 Å². The van der Waals surface area contributed by atoms with Gasteiger partial charge in [-0.25, -0.2) is 8.42 Å². The normalized spacial score (nSPS) is 11.3. The maximum absolute atomic E-state index is 12.2. The first-order valence-electron chi connectivity index (χ1n) is 7.81. The van der Waals surface area contributed by atoms with Gasteiger partial charge in [0, 0.05) is 28.6 Å². The van der Waals surface area contributed by atoms with Gasteiger partial charge in [-0.1, -0.05) is 29.3 Å². The van der Waals surface area contributed by atoms with E-state index in [1.807, 2.05) is 31.2 Å². The number of hydrogen-bond donors (Lipinski definition) is 1. The van der Waals surface area contributed by atoms with Crippen LogP contribution in [0.25, 0.3) is 0 Å². The second-order valence-corrected chi connectivity index (χ2v) is 9.25. The Bertz CT molecular complexity index is 803. The van der Waals surface area contributed by atoms with Crippen molar-refractivity contribution in [3.8, 4) is 0 Å². The minimum Gasteiger partial charge on any atom is -0.355 e. The largest absolute Gasteiger partial charge is 0.355 e. The zero-order valence-electron chi connectivity index (χ0n) is 13.9. The number of rotatable bonds is 8. The number of carbonyl (C=O) groups excluding carboxylic acids is 1. The van der Waals surface area contributed by atoms with E-state index in [0.29, 0.717) is 17.3 Å². The first kappa shape index (κ1) is 19.8. The number of hydrogen-bond acceptors (Lipinski definition) is 4. The average Bonchev–Trinajstić information content (AvgIpc) is 2.59. The van der Waals surface area contributed by atoms with Crippen LogP contribution in [0.1, 0.15) is 12.0 Å². The molecule has 7 heteroatoms. The summed E-state index contributed by atoms with van der Waals surface area (Å²) < 4.78 is 24.4. The van der Waals surface area contributed by atoms with Crippen molar-refractivity contribution in [2.75, 3.05) is 18.1 Å². The van der Waals surface area contributed by atoms with Crippen molar-refractivity contribution < 1.29 is 13.2 Å². The molecule has 0 aliphatic heterocycles. The standard InChI is InChI=1S/C18H20ClNO3S2/c1-14-2-8-17(9-3-14)25(22,23)13-10-18(21)20-11-12-24-16-6-4-15(19)5-7-16/h2-9H,10-13H2,1H3,(H,20,21). The van der Waals surface area contributed by atoms with Crippen LogP contribution in [0, 0.1) is 6.92 Å². The van der Waals surface area contributed by atoms with E-state index in [0.717, 1.165) is 10.5 Å². The van der Waals surface area contributed by atoms with Crippen molar-refractivity contribution in [1.82, 2.24) is 5.32 Å². The summed E-state index contributed by atoms with van der Waals surface area (Å²) in [6.45, 7) is 2.38. The van der Waals surface area contributed by atoms with Crippen molar-refractivity contribution in [2.45, 2.75) is 23.1 Å². The van der Waals surface area contributed by atoms with Gasteiger partial charge in [0.05, 0.1) is 10.6 Å². The summed E-state index contributed by atoms with van der Waals surface area (Å²) in [6, 6.07) is 14.1. The van der Waals surface area contributed by atoms with Crippen LogP contribution in [0.5, 0.6) is 0 Å². The van der Waals surface area contributed by atoms with Gasteiger partial charge < -0.3 is 5.32 Å². The van der Waals surface area contributed by atoms with Crippen LogP contribution in [0.4, 0.5) is 0 Å². The van der Waals surface area contributed by atoms with Gasteiger partial charge in [-0.2, -0.15) is 0 Å². The Kier molecular flexibility index (Phi) is 7.35. The Morgan fingerprint density at radius 3 is 2.36 bits per heavy atom. The Labute approximate surface area is 157 Å². The Morgan fingerprint density at radius 1 is 1.08 bits per heavy atom. The van der Waals surface area contributed by atoms with E-state index in [2.05, 4.69) is 5.32 Å². The van der Waals surface area contributed by atoms with Crippen molar-refractivity contribution in [2.24, 2.45) is 0 Å². The highest BCUT2D eigenvalue weighted by Crippen LogP contribution is 2.19.